The molecule has 0 aliphatic heterocycles. The van der Waals surface area contributed by atoms with Gasteiger partial charge in [0, 0.05) is 6.61 Å². The highest BCUT2D eigenvalue weighted by Gasteiger charge is 2.61. The Morgan fingerprint density at radius 3 is 2.35 bits per heavy atom. The fraction of sp³-hybridized carbons (Fsp3) is 1.00. The van der Waals surface area contributed by atoms with Crippen molar-refractivity contribution in [2.24, 2.45) is 46.3 Å². The van der Waals surface area contributed by atoms with Gasteiger partial charge in [0.15, 0.2) is 0 Å². The summed E-state index contributed by atoms with van der Waals surface area (Å²) in [5.41, 5.74) is 0.548. The molecule has 4 aliphatic rings. The summed E-state index contributed by atoms with van der Waals surface area (Å²) in [6.45, 7) is 9.96. The number of aliphatic hydroxyl groups excluding tert-OH is 1. The van der Waals surface area contributed by atoms with E-state index in [-0.39, 0.29) is 5.60 Å². The van der Waals surface area contributed by atoms with Crippen molar-refractivity contribution in [2.45, 2.75) is 97.5 Å². The van der Waals surface area contributed by atoms with Crippen LogP contribution in [0.15, 0.2) is 0 Å². The van der Waals surface area contributed by atoms with Crippen LogP contribution in [0, 0.1) is 46.3 Å². The molecule has 0 radical (unpaired) electrons. The number of aliphatic hydroxyl groups is 2. The summed E-state index contributed by atoms with van der Waals surface area (Å²) in [5, 5.41) is 20.7. The second kappa shape index (κ2) is 6.48. The van der Waals surface area contributed by atoms with E-state index in [0.29, 0.717) is 23.4 Å². The average Bonchev–Trinajstić information content (AvgIpc) is 2.99. The topological polar surface area (TPSA) is 40.5 Å². The molecule has 0 amide bonds. The maximum absolute atomic E-state index is 10.9. The predicted octanol–water partition coefficient (Wildman–Crippen LogP) is 5.41. The van der Waals surface area contributed by atoms with E-state index in [0.717, 1.165) is 48.9 Å². The highest BCUT2D eigenvalue weighted by Crippen LogP contribution is 2.68. The molecule has 0 aromatic carbocycles. The highest BCUT2D eigenvalue weighted by molar-refractivity contribution is 5.10. The average molecular weight is 363 g/mol. The van der Waals surface area contributed by atoms with Crippen LogP contribution >= 0.6 is 0 Å². The molecule has 0 aromatic rings. The van der Waals surface area contributed by atoms with E-state index in [2.05, 4.69) is 27.7 Å². The van der Waals surface area contributed by atoms with Crippen LogP contribution in [0.4, 0.5) is 0 Å². The van der Waals surface area contributed by atoms with E-state index < -0.39 is 0 Å². The lowest BCUT2D eigenvalue weighted by Crippen LogP contribution is -2.56. The normalized spacial score (nSPS) is 54.9. The minimum absolute atomic E-state index is 0.358. The van der Waals surface area contributed by atoms with Crippen molar-refractivity contribution in [1.29, 1.82) is 0 Å². The van der Waals surface area contributed by atoms with Crippen molar-refractivity contribution in [2.75, 3.05) is 6.61 Å². The van der Waals surface area contributed by atoms with Gasteiger partial charge in [0.1, 0.15) is 0 Å². The Hall–Kier alpha value is -0.0800. The SMILES string of the molecule is CC[C@]1(O)CC[C@@]2(C)[C@@H](CC[C@@H]3[C@@H]2CC[C@]2(C)[C@@H]([C@H](C)CO)CC[C@@H]32)C1. The van der Waals surface area contributed by atoms with Crippen molar-refractivity contribution in [1.82, 2.24) is 0 Å². The van der Waals surface area contributed by atoms with E-state index in [1.54, 1.807) is 0 Å². The maximum atomic E-state index is 10.9. The van der Waals surface area contributed by atoms with Crippen LogP contribution in [0.5, 0.6) is 0 Å². The zero-order valence-corrected chi connectivity index (χ0v) is 17.6. The van der Waals surface area contributed by atoms with Gasteiger partial charge in [0.05, 0.1) is 5.60 Å². The van der Waals surface area contributed by atoms with Gasteiger partial charge >= 0.3 is 0 Å². The maximum Gasteiger partial charge on any atom is 0.0648 e. The molecule has 0 bridgehead atoms. The molecule has 4 saturated carbocycles. The summed E-state index contributed by atoms with van der Waals surface area (Å²) in [7, 11) is 0. The summed E-state index contributed by atoms with van der Waals surface area (Å²) in [6.07, 6.45) is 12.5. The fourth-order valence-electron chi connectivity index (χ4n) is 8.75. The Kier molecular flexibility index (Phi) is 4.79. The highest BCUT2D eigenvalue weighted by atomic mass is 16.3. The van der Waals surface area contributed by atoms with Gasteiger partial charge in [0.25, 0.3) is 0 Å². The van der Waals surface area contributed by atoms with Gasteiger partial charge in [-0.15, -0.1) is 0 Å². The van der Waals surface area contributed by atoms with Crippen molar-refractivity contribution >= 4 is 0 Å². The summed E-state index contributed by atoms with van der Waals surface area (Å²) < 4.78 is 0. The van der Waals surface area contributed by atoms with Gasteiger partial charge in [-0.3, -0.25) is 0 Å². The lowest BCUT2D eigenvalue weighted by Gasteiger charge is -2.62. The third kappa shape index (κ3) is 2.65. The van der Waals surface area contributed by atoms with Crippen LogP contribution in [-0.4, -0.2) is 22.4 Å². The molecule has 2 heteroatoms. The standard InChI is InChI=1S/C24H42O2/c1-5-24(26)13-12-22(3)17(14-24)6-7-18-20-9-8-19(16(2)15-25)23(20,4)11-10-21(18)22/h16-21,25-26H,5-15H2,1-4H3/t16-,17+,18+,19-,20+,21+,22+,23-,24+/m1/s1. The Balaban J connectivity index is 1.57. The smallest absolute Gasteiger partial charge is 0.0648 e. The molecule has 4 aliphatic carbocycles. The monoisotopic (exact) mass is 362 g/mol. The molecular weight excluding hydrogens is 320 g/mol. The van der Waals surface area contributed by atoms with E-state index in [4.69, 9.17) is 0 Å². The number of rotatable bonds is 3. The van der Waals surface area contributed by atoms with Crippen LogP contribution in [0.1, 0.15) is 91.9 Å². The molecule has 4 fully saturated rings. The third-order valence-electron chi connectivity index (χ3n) is 10.5. The van der Waals surface area contributed by atoms with Crippen molar-refractivity contribution in [3.8, 4) is 0 Å². The molecule has 0 spiro atoms. The number of fused-ring (bicyclic) bond motifs is 5. The minimum atomic E-state index is -0.380. The summed E-state index contributed by atoms with van der Waals surface area (Å²) in [5.74, 6) is 4.58. The fourth-order valence-corrected chi connectivity index (χ4v) is 8.75. The van der Waals surface area contributed by atoms with Crippen LogP contribution in [-0.2, 0) is 0 Å². The third-order valence-corrected chi connectivity index (χ3v) is 10.5. The lowest BCUT2D eigenvalue weighted by molar-refractivity contribution is -0.153. The van der Waals surface area contributed by atoms with Gasteiger partial charge in [0.2, 0.25) is 0 Å². The Morgan fingerprint density at radius 2 is 1.65 bits per heavy atom. The van der Waals surface area contributed by atoms with Crippen LogP contribution < -0.4 is 0 Å². The molecule has 2 nitrogen and oxygen atoms in total. The Morgan fingerprint density at radius 1 is 0.923 bits per heavy atom. The first-order valence-electron chi connectivity index (χ1n) is 11.6. The van der Waals surface area contributed by atoms with Gasteiger partial charge in [-0.05, 0) is 111 Å². The van der Waals surface area contributed by atoms with Gasteiger partial charge in [-0.2, -0.15) is 0 Å². The van der Waals surface area contributed by atoms with E-state index in [1.165, 1.54) is 44.9 Å². The van der Waals surface area contributed by atoms with E-state index >= 15 is 0 Å². The first-order chi connectivity index (χ1) is 12.3. The molecule has 0 aromatic heterocycles. The van der Waals surface area contributed by atoms with Crippen molar-refractivity contribution in [3.05, 3.63) is 0 Å². The Bertz CT molecular complexity index is 532. The minimum Gasteiger partial charge on any atom is -0.396 e. The number of hydrogen-bond donors (Lipinski definition) is 2. The van der Waals surface area contributed by atoms with Crippen molar-refractivity contribution in [3.63, 3.8) is 0 Å². The molecule has 0 unspecified atom stereocenters. The second-order valence-electron chi connectivity index (χ2n) is 11.3. The molecule has 4 rings (SSSR count). The van der Waals surface area contributed by atoms with E-state index in [1.807, 2.05) is 0 Å². The molecule has 26 heavy (non-hydrogen) atoms. The molecular formula is C24H42O2. The summed E-state index contributed by atoms with van der Waals surface area (Å²) in [4.78, 5) is 0. The predicted molar refractivity (Wildman–Crippen MR) is 107 cm³/mol. The first kappa shape index (κ1) is 19.2. The zero-order valence-electron chi connectivity index (χ0n) is 17.6. The van der Waals surface area contributed by atoms with Crippen LogP contribution in [0.3, 0.4) is 0 Å². The molecule has 9 atom stereocenters. The Labute approximate surface area is 161 Å². The largest absolute Gasteiger partial charge is 0.396 e. The van der Waals surface area contributed by atoms with Crippen LogP contribution in [0.2, 0.25) is 0 Å². The quantitative estimate of drug-likeness (QED) is 0.704. The lowest BCUT2D eigenvalue weighted by atomic mass is 9.43. The molecule has 0 saturated heterocycles. The number of hydrogen-bond acceptors (Lipinski definition) is 2. The zero-order chi connectivity index (χ0) is 18.7. The van der Waals surface area contributed by atoms with Gasteiger partial charge in [-0.25, -0.2) is 0 Å². The molecule has 2 N–H and O–H groups in total. The first-order valence-corrected chi connectivity index (χ1v) is 11.6. The van der Waals surface area contributed by atoms with Crippen molar-refractivity contribution < 1.29 is 10.2 Å². The second-order valence-corrected chi connectivity index (χ2v) is 11.3. The molecule has 150 valence electrons. The van der Waals surface area contributed by atoms with Crippen LogP contribution in [0.25, 0.3) is 0 Å². The molecule has 0 heterocycles. The van der Waals surface area contributed by atoms with E-state index in [9.17, 15) is 10.2 Å². The summed E-state index contributed by atoms with van der Waals surface area (Å²) >= 11 is 0. The van der Waals surface area contributed by atoms with Gasteiger partial charge in [-0.1, -0.05) is 27.7 Å². The summed E-state index contributed by atoms with van der Waals surface area (Å²) in [6, 6.07) is 0. The van der Waals surface area contributed by atoms with Gasteiger partial charge < -0.3 is 10.2 Å².